The normalized spacial score (nSPS) is 13.1. The van der Waals surface area contributed by atoms with Gasteiger partial charge in [0.25, 0.3) is 0 Å². The topological polar surface area (TPSA) is 71.2 Å². The molecule has 1 aromatic rings. The molecule has 1 aromatic heterocycles. The van der Waals surface area contributed by atoms with Gasteiger partial charge in [-0.3, -0.25) is 0 Å². The lowest BCUT2D eigenvalue weighted by Crippen LogP contribution is -2.19. The van der Waals surface area contributed by atoms with Gasteiger partial charge in [0.1, 0.15) is 0 Å². The molecule has 0 saturated heterocycles. The summed E-state index contributed by atoms with van der Waals surface area (Å²) in [5.74, 6) is 1.17. The highest BCUT2D eigenvalue weighted by molar-refractivity contribution is 4.77. The number of aliphatic hydroxyl groups is 1. The van der Waals surface area contributed by atoms with Crippen LogP contribution in [0, 0.1) is 6.92 Å². The first-order valence-corrected chi connectivity index (χ1v) is 4.90. The van der Waals surface area contributed by atoms with E-state index in [1.807, 2.05) is 6.92 Å². The minimum atomic E-state index is -0.216. The molecule has 0 aromatic carbocycles. The SMILES string of the molecule is CCC(O)CCNCc1nnc(C)o1. The molecule has 0 saturated carbocycles. The van der Waals surface area contributed by atoms with Crippen molar-refractivity contribution in [3.05, 3.63) is 11.8 Å². The summed E-state index contributed by atoms with van der Waals surface area (Å²) in [5, 5.41) is 19.9. The van der Waals surface area contributed by atoms with Gasteiger partial charge >= 0.3 is 0 Å². The fraction of sp³-hybridized carbons (Fsp3) is 0.778. The van der Waals surface area contributed by atoms with Crippen molar-refractivity contribution in [1.82, 2.24) is 15.5 Å². The van der Waals surface area contributed by atoms with Crippen molar-refractivity contribution < 1.29 is 9.52 Å². The second kappa shape index (κ2) is 5.72. The summed E-state index contributed by atoms with van der Waals surface area (Å²) in [6.07, 6.45) is 1.33. The van der Waals surface area contributed by atoms with Gasteiger partial charge in [-0.25, -0.2) is 0 Å². The van der Waals surface area contributed by atoms with Gasteiger partial charge in [-0.05, 0) is 19.4 Å². The zero-order valence-corrected chi connectivity index (χ0v) is 8.66. The maximum atomic E-state index is 9.27. The lowest BCUT2D eigenvalue weighted by molar-refractivity contribution is 0.159. The fourth-order valence-electron chi connectivity index (χ4n) is 1.08. The van der Waals surface area contributed by atoms with Gasteiger partial charge < -0.3 is 14.8 Å². The molecular weight excluding hydrogens is 182 g/mol. The third-order valence-corrected chi connectivity index (χ3v) is 1.97. The van der Waals surface area contributed by atoms with Gasteiger partial charge in [0.2, 0.25) is 11.8 Å². The van der Waals surface area contributed by atoms with E-state index in [0.717, 1.165) is 19.4 Å². The van der Waals surface area contributed by atoms with E-state index in [-0.39, 0.29) is 6.10 Å². The largest absolute Gasteiger partial charge is 0.424 e. The molecule has 0 aliphatic carbocycles. The first kappa shape index (κ1) is 11.1. The molecule has 1 atom stereocenters. The number of aryl methyl sites for hydroxylation is 1. The van der Waals surface area contributed by atoms with Gasteiger partial charge in [0.05, 0.1) is 12.6 Å². The highest BCUT2D eigenvalue weighted by Crippen LogP contribution is 1.98. The third-order valence-electron chi connectivity index (χ3n) is 1.97. The molecule has 80 valence electrons. The lowest BCUT2D eigenvalue weighted by atomic mass is 10.2. The van der Waals surface area contributed by atoms with E-state index in [4.69, 9.17) is 4.42 Å². The van der Waals surface area contributed by atoms with E-state index in [2.05, 4.69) is 15.5 Å². The van der Waals surface area contributed by atoms with Crippen LogP contribution in [0.25, 0.3) is 0 Å². The van der Waals surface area contributed by atoms with Crippen LogP contribution in [0.3, 0.4) is 0 Å². The van der Waals surface area contributed by atoms with Crippen molar-refractivity contribution in [3.63, 3.8) is 0 Å². The number of rotatable bonds is 6. The zero-order valence-electron chi connectivity index (χ0n) is 8.66. The summed E-state index contributed by atoms with van der Waals surface area (Å²) in [6.45, 7) is 5.05. The number of hydrogen-bond acceptors (Lipinski definition) is 5. The predicted octanol–water partition coefficient (Wildman–Crippen LogP) is 0.629. The van der Waals surface area contributed by atoms with Crippen LogP contribution in [0.4, 0.5) is 0 Å². The molecular formula is C9H17N3O2. The van der Waals surface area contributed by atoms with Crippen molar-refractivity contribution >= 4 is 0 Å². The van der Waals surface area contributed by atoms with Crippen molar-refractivity contribution in [3.8, 4) is 0 Å². The van der Waals surface area contributed by atoms with Crippen molar-refractivity contribution in [2.45, 2.75) is 39.3 Å². The predicted molar refractivity (Wildman–Crippen MR) is 51.7 cm³/mol. The second-order valence-electron chi connectivity index (χ2n) is 3.24. The van der Waals surface area contributed by atoms with Crippen LogP contribution in [0.15, 0.2) is 4.42 Å². The molecule has 0 aliphatic heterocycles. The molecule has 0 bridgehead atoms. The van der Waals surface area contributed by atoms with Crippen LogP contribution in [0.5, 0.6) is 0 Å². The van der Waals surface area contributed by atoms with Crippen molar-refractivity contribution in [2.24, 2.45) is 0 Å². The first-order chi connectivity index (χ1) is 6.72. The minimum absolute atomic E-state index is 0.216. The number of nitrogens with zero attached hydrogens (tertiary/aromatic N) is 2. The Morgan fingerprint density at radius 1 is 1.50 bits per heavy atom. The Bertz CT molecular complexity index is 262. The quantitative estimate of drug-likeness (QED) is 0.657. The molecule has 1 unspecified atom stereocenters. The Balaban J connectivity index is 2.10. The van der Waals surface area contributed by atoms with E-state index < -0.39 is 0 Å². The molecule has 5 nitrogen and oxygen atoms in total. The molecule has 0 amide bonds. The Labute approximate surface area is 83.5 Å². The van der Waals surface area contributed by atoms with Crippen molar-refractivity contribution in [2.75, 3.05) is 6.54 Å². The summed E-state index contributed by atoms with van der Waals surface area (Å²) in [7, 11) is 0. The first-order valence-electron chi connectivity index (χ1n) is 4.90. The van der Waals surface area contributed by atoms with Crippen LogP contribution in [0.1, 0.15) is 31.5 Å². The van der Waals surface area contributed by atoms with Crippen LogP contribution in [-0.2, 0) is 6.54 Å². The van der Waals surface area contributed by atoms with E-state index in [9.17, 15) is 5.11 Å². The van der Waals surface area contributed by atoms with Gasteiger partial charge in [0.15, 0.2) is 0 Å². The lowest BCUT2D eigenvalue weighted by Gasteiger charge is -2.06. The summed E-state index contributed by atoms with van der Waals surface area (Å²) in [6, 6.07) is 0. The molecule has 0 fully saturated rings. The molecule has 14 heavy (non-hydrogen) atoms. The average Bonchev–Trinajstić information content (AvgIpc) is 2.58. The zero-order chi connectivity index (χ0) is 10.4. The second-order valence-corrected chi connectivity index (χ2v) is 3.24. The van der Waals surface area contributed by atoms with Crippen LogP contribution < -0.4 is 5.32 Å². The Morgan fingerprint density at radius 3 is 2.86 bits per heavy atom. The molecule has 2 N–H and O–H groups in total. The highest BCUT2D eigenvalue weighted by Gasteiger charge is 2.02. The van der Waals surface area contributed by atoms with Crippen LogP contribution in [-0.4, -0.2) is 28.0 Å². The van der Waals surface area contributed by atoms with Gasteiger partial charge in [-0.15, -0.1) is 10.2 Å². The van der Waals surface area contributed by atoms with Crippen LogP contribution >= 0.6 is 0 Å². The molecule has 0 radical (unpaired) electrons. The van der Waals surface area contributed by atoms with Gasteiger partial charge in [-0.1, -0.05) is 6.92 Å². The van der Waals surface area contributed by atoms with Crippen molar-refractivity contribution in [1.29, 1.82) is 0 Å². The number of hydrogen-bond donors (Lipinski definition) is 2. The summed E-state index contributed by atoms with van der Waals surface area (Å²) in [4.78, 5) is 0. The minimum Gasteiger partial charge on any atom is -0.424 e. The third kappa shape index (κ3) is 3.85. The van der Waals surface area contributed by atoms with Gasteiger partial charge in [-0.2, -0.15) is 0 Å². The maximum Gasteiger partial charge on any atom is 0.230 e. The van der Waals surface area contributed by atoms with E-state index in [1.54, 1.807) is 6.92 Å². The number of nitrogens with one attached hydrogen (secondary N) is 1. The molecule has 1 heterocycles. The average molecular weight is 199 g/mol. The standard InChI is InChI=1S/C9H17N3O2/c1-3-8(13)4-5-10-6-9-12-11-7(2)14-9/h8,10,13H,3-6H2,1-2H3. The molecule has 5 heteroatoms. The van der Waals surface area contributed by atoms with E-state index in [1.165, 1.54) is 0 Å². The monoisotopic (exact) mass is 199 g/mol. The maximum absolute atomic E-state index is 9.27. The van der Waals surface area contributed by atoms with Crippen LogP contribution in [0.2, 0.25) is 0 Å². The summed E-state index contributed by atoms with van der Waals surface area (Å²) in [5.41, 5.74) is 0. The Kier molecular flexibility index (Phi) is 4.55. The summed E-state index contributed by atoms with van der Waals surface area (Å²) >= 11 is 0. The molecule has 0 aliphatic rings. The summed E-state index contributed by atoms with van der Waals surface area (Å²) < 4.78 is 5.17. The number of aliphatic hydroxyl groups excluding tert-OH is 1. The molecule has 0 spiro atoms. The Hall–Kier alpha value is -0.940. The highest BCUT2D eigenvalue weighted by atomic mass is 16.4. The van der Waals surface area contributed by atoms with E-state index in [0.29, 0.717) is 18.3 Å². The van der Waals surface area contributed by atoms with E-state index >= 15 is 0 Å². The van der Waals surface area contributed by atoms with Gasteiger partial charge in [0, 0.05) is 6.92 Å². The fourth-order valence-corrected chi connectivity index (χ4v) is 1.08. The Morgan fingerprint density at radius 2 is 2.29 bits per heavy atom. The smallest absolute Gasteiger partial charge is 0.230 e. The molecule has 1 rings (SSSR count). The number of aromatic nitrogens is 2.